The van der Waals surface area contributed by atoms with Crippen molar-refractivity contribution >= 4 is 17.9 Å². The third kappa shape index (κ3) is 4.92. The highest BCUT2D eigenvalue weighted by Crippen LogP contribution is 2.29. The lowest BCUT2D eigenvalue weighted by atomic mass is 10.0. The van der Waals surface area contributed by atoms with Crippen LogP contribution in [0.4, 0.5) is 0 Å². The molecule has 2 N–H and O–H groups in total. The Labute approximate surface area is 148 Å². The third-order valence-electron chi connectivity index (χ3n) is 4.95. The van der Waals surface area contributed by atoms with Crippen LogP contribution in [0.15, 0.2) is 30.3 Å². The monoisotopic (exact) mass is 342 g/mol. The van der Waals surface area contributed by atoms with E-state index in [0.29, 0.717) is 18.2 Å². The number of nitrogens with one attached hydrogen (secondary N) is 1. The Kier molecular flexibility index (Phi) is 5.23. The van der Waals surface area contributed by atoms with Crippen molar-refractivity contribution in [1.29, 1.82) is 0 Å². The lowest BCUT2D eigenvalue weighted by Gasteiger charge is -2.27. The molecule has 2 amide bonds. The predicted octanol–water partition coefficient (Wildman–Crippen LogP) is 2.36. The summed E-state index contributed by atoms with van der Waals surface area (Å²) in [5, 5.41) is 13.3. The maximum atomic E-state index is 12.2. The Morgan fingerprint density at radius 2 is 1.88 bits per heavy atom. The van der Waals surface area contributed by atoms with E-state index in [4.69, 9.17) is 0 Å². The standard InChI is InChI=1S/C20H26N2O3/c1-22(14-20(25)12-2-3-13-20)18(23)11-6-15-4-7-16(8-5-15)19(24)21-17-9-10-17/h4-8,11,17,25H,2-3,9-10,12-14H2,1H3,(H,21,24)/b11-6+. The van der Waals surface area contributed by atoms with Crippen molar-refractivity contribution in [3.05, 3.63) is 41.5 Å². The van der Waals surface area contributed by atoms with Crippen LogP contribution in [0.3, 0.4) is 0 Å². The Morgan fingerprint density at radius 3 is 2.48 bits per heavy atom. The second-order valence-electron chi connectivity index (χ2n) is 7.33. The van der Waals surface area contributed by atoms with E-state index in [2.05, 4.69) is 5.32 Å². The average molecular weight is 342 g/mol. The van der Waals surface area contributed by atoms with E-state index < -0.39 is 5.60 Å². The zero-order chi connectivity index (χ0) is 17.9. The molecule has 5 nitrogen and oxygen atoms in total. The fourth-order valence-electron chi connectivity index (χ4n) is 3.25. The van der Waals surface area contributed by atoms with Gasteiger partial charge in [0.25, 0.3) is 5.91 Å². The molecule has 1 aromatic rings. The lowest BCUT2D eigenvalue weighted by molar-refractivity contribution is -0.127. The van der Waals surface area contributed by atoms with Gasteiger partial charge in [-0.2, -0.15) is 0 Å². The first-order valence-electron chi connectivity index (χ1n) is 9.02. The van der Waals surface area contributed by atoms with Gasteiger partial charge in [0.15, 0.2) is 0 Å². The maximum absolute atomic E-state index is 12.2. The predicted molar refractivity (Wildman–Crippen MR) is 97.0 cm³/mol. The molecule has 0 unspecified atom stereocenters. The molecular weight excluding hydrogens is 316 g/mol. The first kappa shape index (κ1) is 17.7. The van der Waals surface area contributed by atoms with Gasteiger partial charge in [-0.3, -0.25) is 9.59 Å². The molecule has 5 heteroatoms. The topological polar surface area (TPSA) is 69.6 Å². The molecule has 0 saturated heterocycles. The number of nitrogens with zero attached hydrogens (tertiary/aromatic N) is 1. The van der Waals surface area contributed by atoms with Gasteiger partial charge in [-0.05, 0) is 49.5 Å². The molecule has 0 aromatic heterocycles. The van der Waals surface area contributed by atoms with E-state index >= 15 is 0 Å². The van der Waals surface area contributed by atoms with Gasteiger partial charge >= 0.3 is 0 Å². The van der Waals surface area contributed by atoms with Crippen molar-refractivity contribution in [2.75, 3.05) is 13.6 Å². The van der Waals surface area contributed by atoms with Crippen molar-refractivity contribution < 1.29 is 14.7 Å². The SMILES string of the molecule is CN(CC1(O)CCCC1)C(=O)/C=C/c1ccc(C(=O)NC2CC2)cc1. The summed E-state index contributed by atoms with van der Waals surface area (Å²) in [5.41, 5.74) is 0.773. The highest BCUT2D eigenvalue weighted by atomic mass is 16.3. The van der Waals surface area contributed by atoms with Crippen LogP contribution >= 0.6 is 0 Å². The molecule has 1 aromatic carbocycles. The molecule has 2 saturated carbocycles. The van der Waals surface area contributed by atoms with Crippen LogP contribution in [0.5, 0.6) is 0 Å². The molecule has 0 aliphatic heterocycles. The number of amides is 2. The Hall–Kier alpha value is -2.14. The summed E-state index contributed by atoms with van der Waals surface area (Å²) in [6, 6.07) is 7.54. The Bertz CT molecular complexity index is 656. The summed E-state index contributed by atoms with van der Waals surface area (Å²) in [4.78, 5) is 25.7. The fourth-order valence-corrected chi connectivity index (χ4v) is 3.25. The smallest absolute Gasteiger partial charge is 0.251 e. The summed E-state index contributed by atoms with van der Waals surface area (Å²) in [5.74, 6) is -0.172. The van der Waals surface area contributed by atoms with E-state index in [-0.39, 0.29) is 11.8 Å². The lowest BCUT2D eigenvalue weighted by Crippen LogP contribution is -2.41. The average Bonchev–Trinajstić information content (AvgIpc) is 3.31. The van der Waals surface area contributed by atoms with E-state index in [0.717, 1.165) is 44.1 Å². The van der Waals surface area contributed by atoms with Crippen LogP contribution in [-0.4, -0.2) is 47.1 Å². The molecule has 0 bridgehead atoms. The van der Waals surface area contributed by atoms with Gasteiger partial charge in [-0.1, -0.05) is 25.0 Å². The van der Waals surface area contributed by atoms with Crippen LogP contribution < -0.4 is 5.32 Å². The number of hydrogen-bond donors (Lipinski definition) is 2. The van der Waals surface area contributed by atoms with Gasteiger partial charge in [0, 0.05) is 31.3 Å². The number of aliphatic hydroxyl groups is 1. The van der Waals surface area contributed by atoms with E-state index in [1.807, 2.05) is 12.1 Å². The molecule has 0 atom stereocenters. The van der Waals surface area contributed by atoms with Gasteiger partial charge in [0.05, 0.1) is 5.60 Å². The summed E-state index contributed by atoms with van der Waals surface area (Å²) in [6.07, 6.45) is 8.95. The third-order valence-corrected chi connectivity index (χ3v) is 4.95. The summed E-state index contributed by atoms with van der Waals surface area (Å²) < 4.78 is 0. The van der Waals surface area contributed by atoms with Crippen LogP contribution in [-0.2, 0) is 4.79 Å². The summed E-state index contributed by atoms with van der Waals surface area (Å²) in [7, 11) is 1.72. The van der Waals surface area contributed by atoms with E-state index in [1.165, 1.54) is 6.08 Å². The largest absolute Gasteiger partial charge is 0.388 e. The molecule has 0 heterocycles. The number of rotatable bonds is 6. The van der Waals surface area contributed by atoms with Gasteiger partial charge in [-0.15, -0.1) is 0 Å². The summed E-state index contributed by atoms with van der Waals surface area (Å²) in [6.45, 7) is 0.371. The van der Waals surface area contributed by atoms with Crippen LogP contribution in [0.25, 0.3) is 6.08 Å². The number of likely N-dealkylation sites (N-methyl/N-ethyl adjacent to an activating group) is 1. The number of benzene rings is 1. The van der Waals surface area contributed by atoms with Crippen molar-refractivity contribution in [2.45, 2.75) is 50.2 Å². The molecule has 0 spiro atoms. The Balaban J connectivity index is 1.53. The van der Waals surface area contributed by atoms with E-state index in [9.17, 15) is 14.7 Å². The number of carbonyl (C=O) groups excluding carboxylic acids is 2. The minimum absolute atomic E-state index is 0.0429. The van der Waals surface area contributed by atoms with E-state index in [1.54, 1.807) is 30.2 Å². The molecule has 0 radical (unpaired) electrons. The quantitative estimate of drug-likeness (QED) is 0.780. The van der Waals surface area contributed by atoms with Crippen molar-refractivity contribution in [2.24, 2.45) is 0 Å². The van der Waals surface area contributed by atoms with Crippen molar-refractivity contribution in [3.63, 3.8) is 0 Å². The highest BCUT2D eigenvalue weighted by molar-refractivity contribution is 5.95. The van der Waals surface area contributed by atoms with Gasteiger partial charge in [0.1, 0.15) is 0 Å². The van der Waals surface area contributed by atoms with Crippen molar-refractivity contribution in [1.82, 2.24) is 10.2 Å². The van der Waals surface area contributed by atoms with Gasteiger partial charge < -0.3 is 15.3 Å². The molecule has 134 valence electrons. The Morgan fingerprint density at radius 1 is 1.24 bits per heavy atom. The fraction of sp³-hybridized carbons (Fsp3) is 0.500. The normalized spacial score (nSPS) is 19.1. The zero-order valence-corrected chi connectivity index (χ0v) is 14.7. The molecule has 2 fully saturated rings. The van der Waals surface area contributed by atoms with Crippen molar-refractivity contribution in [3.8, 4) is 0 Å². The number of carbonyl (C=O) groups is 2. The molecule has 25 heavy (non-hydrogen) atoms. The number of hydrogen-bond acceptors (Lipinski definition) is 3. The molecule has 2 aliphatic carbocycles. The molecular formula is C20H26N2O3. The van der Waals surface area contributed by atoms with Crippen LogP contribution in [0, 0.1) is 0 Å². The minimum Gasteiger partial charge on any atom is -0.388 e. The molecule has 2 aliphatic rings. The molecule has 3 rings (SSSR count). The summed E-state index contributed by atoms with van der Waals surface area (Å²) >= 11 is 0. The first-order valence-corrected chi connectivity index (χ1v) is 9.02. The second-order valence-corrected chi connectivity index (χ2v) is 7.33. The van der Waals surface area contributed by atoms with Gasteiger partial charge in [0.2, 0.25) is 5.91 Å². The zero-order valence-electron chi connectivity index (χ0n) is 14.7. The second kappa shape index (κ2) is 7.40. The minimum atomic E-state index is -0.727. The first-order chi connectivity index (χ1) is 12.0. The van der Waals surface area contributed by atoms with Crippen LogP contribution in [0.1, 0.15) is 54.4 Å². The maximum Gasteiger partial charge on any atom is 0.251 e. The van der Waals surface area contributed by atoms with Crippen LogP contribution in [0.2, 0.25) is 0 Å². The van der Waals surface area contributed by atoms with Gasteiger partial charge in [-0.25, -0.2) is 0 Å². The highest BCUT2D eigenvalue weighted by Gasteiger charge is 2.33.